The lowest BCUT2D eigenvalue weighted by Crippen LogP contribution is -2.53. The predicted molar refractivity (Wildman–Crippen MR) is 82.2 cm³/mol. The van der Waals surface area contributed by atoms with Crippen LogP contribution in [0.4, 0.5) is 5.69 Å². The molecule has 6 heteroatoms. The van der Waals surface area contributed by atoms with E-state index in [4.69, 9.17) is 28.9 Å². The molecule has 0 radical (unpaired) electrons. The molecular weight excluding hydrogens is 297 g/mol. The molecule has 1 aliphatic rings. The Balaban J connectivity index is 2.20. The van der Waals surface area contributed by atoms with Crippen molar-refractivity contribution in [3.63, 3.8) is 0 Å². The van der Waals surface area contributed by atoms with Gasteiger partial charge < -0.3 is 11.1 Å². The van der Waals surface area contributed by atoms with E-state index in [-0.39, 0.29) is 11.1 Å². The molecule has 1 fully saturated rings. The molecule has 2 rings (SSSR count). The van der Waals surface area contributed by atoms with Crippen LogP contribution in [0, 0.1) is 12.8 Å². The van der Waals surface area contributed by atoms with Gasteiger partial charge in [-0.15, -0.1) is 0 Å². The van der Waals surface area contributed by atoms with Gasteiger partial charge in [-0.05, 0) is 37.3 Å². The lowest BCUT2D eigenvalue weighted by Gasteiger charge is -2.35. The van der Waals surface area contributed by atoms with E-state index in [2.05, 4.69) is 17.2 Å². The van der Waals surface area contributed by atoms with Crippen LogP contribution >= 0.6 is 23.2 Å². The van der Waals surface area contributed by atoms with Gasteiger partial charge in [-0.3, -0.25) is 4.79 Å². The van der Waals surface area contributed by atoms with Crippen LogP contribution in [-0.2, 0) is 4.79 Å². The molecule has 0 aromatic carbocycles. The van der Waals surface area contributed by atoms with E-state index in [1.165, 1.54) is 0 Å². The van der Waals surface area contributed by atoms with Crippen LogP contribution in [0.2, 0.25) is 10.3 Å². The first kappa shape index (κ1) is 15.5. The van der Waals surface area contributed by atoms with E-state index in [1.54, 1.807) is 6.07 Å². The minimum atomic E-state index is -0.826. The normalized spacial score (nSPS) is 26.4. The first-order chi connectivity index (χ1) is 9.32. The summed E-state index contributed by atoms with van der Waals surface area (Å²) in [6.45, 7) is 3.94. The van der Waals surface area contributed by atoms with Crippen molar-refractivity contribution in [1.29, 1.82) is 0 Å². The molecule has 110 valence electrons. The third-order valence-electron chi connectivity index (χ3n) is 3.86. The molecule has 4 nitrogen and oxygen atoms in total. The molecule has 2 unspecified atom stereocenters. The van der Waals surface area contributed by atoms with Crippen LogP contribution in [0.1, 0.15) is 38.2 Å². The Hall–Kier alpha value is -0.840. The van der Waals surface area contributed by atoms with Crippen LogP contribution in [0.15, 0.2) is 6.07 Å². The summed E-state index contributed by atoms with van der Waals surface area (Å²) in [5, 5.41) is 3.31. The monoisotopic (exact) mass is 315 g/mol. The summed E-state index contributed by atoms with van der Waals surface area (Å²) >= 11 is 11.9. The smallest absolute Gasteiger partial charge is 0.244 e. The molecular formula is C14H19Cl2N3O. The van der Waals surface area contributed by atoms with E-state index in [0.717, 1.165) is 18.4 Å². The lowest BCUT2D eigenvalue weighted by atomic mass is 9.76. The van der Waals surface area contributed by atoms with Gasteiger partial charge in [0.2, 0.25) is 5.91 Å². The molecule has 1 aliphatic carbocycles. The third-order valence-corrected chi connectivity index (χ3v) is 4.33. The SMILES string of the molecule is Cc1cc(Cl)nc(Cl)c1NC(=O)C1(N)CCCC(C)C1. The van der Waals surface area contributed by atoms with E-state index in [9.17, 15) is 4.79 Å². The zero-order chi connectivity index (χ0) is 14.9. The number of nitrogens with two attached hydrogens (primary N) is 1. The topological polar surface area (TPSA) is 68.0 Å². The number of hydrogen-bond acceptors (Lipinski definition) is 3. The fourth-order valence-corrected chi connectivity index (χ4v) is 3.36. The second-order valence-electron chi connectivity index (χ2n) is 5.74. The molecule has 1 heterocycles. The number of carbonyl (C=O) groups is 1. The number of aryl methyl sites for hydroxylation is 1. The number of halogens is 2. The highest BCUT2D eigenvalue weighted by atomic mass is 35.5. The minimum absolute atomic E-state index is 0.191. The van der Waals surface area contributed by atoms with Crippen molar-refractivity contribution < 1.29 is 4.79 Å². The number of anilines is 1. The van der Waals surface area contributed by atoms with Gasteiger partial charge in [0, 0.05) is 0 Å². The summed E-state index contributed by atoms with van der Waals surface area (Å²) in [7, 11) is 0. The Morgan fingerprint density at radius 3 is 2.85 bits per heavy atom. The van der Waals surface area contributed by atoms with Crippen LogP contribution < -0.4 is 11.1 Å². The highest BCUT2D eigenvalue weighted by Gasteiger charge is 2.38. The third kappa shape index (κ3) is 3.25. The van der Waals surface area contributed by atoms with Gasteiger partial charge in [-0.2, -0.15) is 0 Å². The van der Waals surface area contributed by atoms with Crippen LogP contribution in [-0.4, -0.2) is 16.4 Å². The van der Waals surface area contributed by atoms with Gasteiger partial charge in [0.25, 0.3) is 0 Å². The van der Waals surface area contributed by atoms with E-state index in [1.807, 2.05) is 6.92 Å². The molecule has 0 aliphatic heterocycles. The molecule has 0 bridgehead atoms. The largest absolute Gasteiger partial charge is 0.322 e. The summed E-state index contributed by atoms with van der Waals surface area (Å²) in [5.74, 6) is 0.262. The Morgan fingerprint density at radius 1 is 1.55 bits per heavy atom. The summed E-state index contributed by atoms with van der Waals surface area (Å²) in [5.41, 5.74) is 6.71. The predicted octanol–water partition coefficient (Wildman–Crippen LogP) is 3.54. The summed E-state index contributed by atoms with van der Waals surface area (Å²) in [4.78, 5) is 16.4. The molecule has 1 aromatic heterocycles. The summed E-state index contributed by atoms with van der Waals surface area (Å²) in [6.07, 6.45) is 3.47. The first-order valence-corrected chi connectivity index (χ1v) is 7.50. The minimum Gasteiger partial charge on any atom is -0.322 e. The Bertz CT molecular complexity index is 512. The van der Waals surface area contributed by atoms with Gasteiger partial charge in [-0.25, -0.2) is 4.98 Å². The number of nitrogens with zero attached hydrogens (tertiary/aromatic N) is 1. The van der Waals surface area contributed by atoms with Gasteiger partial charge in [-0.1, -0.05) is 43.0 Å². The molecule has 3 N–H and O–H groups in total. The maximum absolute atomic E-state index is 12.5. The van der Waals surface area contributed by atoms with Crippen LogP contribution in [0.3, 0.4) is 0 Å². The molecule has 20 heavy (non-hydrogen) atoms. The standard InChI is InChI=1S/C14H19Cl2N3O/c1-8-4-3-5-14(17,7-8)13(20)19-11-9(2)6-10(15)18-12(11)16/h6,8H,3-5,7,17H2,1-2H3,(H,19,20). The fraction of sp³-hybridized carbons (Fsp3) is 0.571. The van der Waals surface area contributed by atoms with Crippen LogP contribution in [0.25, 0.3) is 0 Å². The molecule has 0 saturated heterocycles. The number of hydrogen-bond donors (Lipinski definition) is 2. The van der Waals surface area contributed by atoms with E-state index < -0.39 is 5.54 Å². The fourth-order valence-electron chi connectivity index (χ4n) is 2.78. The second kappa shape index (κ2) is 5.88. The highest BCUT2D eigenvalue weighted by Crippen LogP contribution is 2.33. The van der Waals surface area contributed by atoms with Gasteiger partial charge in [0.05, 0.1) is 11.2 Å². The molecule has 1 amide bonds. The maximum Gasteiger partial charge on any atom is 0.244 e. The van der Waals surface area contributed by atoms with Crippen molar-refractivity contribution in [3.05, 3.63) is 21.9 Å². The van der Waals surface area contributed by atoms with Crippen molar-refractivity contribution in [2.45, 2.75) is 45.1 Å². The number of pyridine rings is 1. The van der Waals surface area contributed by atoms with Crippen molar-refractivity contribution in [2.24, 2.45) is 11.7 Å². The second-order valence-corrected chi connectivity index (χ2v) is 6.48. The average molecular weight is 316 g/mol. The Labute approximate surface area is 129 Å². The highest BCUT2D eigenvalue weighted by molar-refractivity contribution is 6.34. The molecule has 0 spiro atoms. The van der Waals surface area contributed by atoms with Crippen molar-refractivity contribution in [2.75, 3.05) is 5.32 Å². The first-order valence-electron chi connectivity index (χ1n) is 6.75. The number of carbonyl (C=O) groups excluding carboxylic acids is 1. The van der Waals surface area contributed by atoms with Crippen molar-refractivity contribution >= 4 is 34.8 Å². The van der Waals surface area contributed by atoms with Gasteiger partial charge in [0.1, 0.15) is 5.15 Å². The Kier molecular flexibility index (Phi) is 4.57. The summed E-state index contributed by atoms with van der Waals surface area (Å²) < 4.78 is 0. The van der Waals surface area contributed by atoms with Gasteiger partial charge >= 0.3 is 0 Å². The van der Waals surface area contributed by atoms with Crippen molar-refractivity contribution in [3.8, 4) is 0 Å². The number of aromatic nitrogens is 1. The zero-order valence-electron chi connectivity index (χ0n) is 11.7. The molecule has 1 saturated carbocycles. The summed E-state index contributed by atoms with van der Waals surface area (Å²) in [6, 6.07) is 1.66. The quantitative estimate of drug-likeness (QED) is 0.820. The molecule has 1 aromatic rings. The maximum atomic E-state index is 12.5. The molecule has 2 atom stereocenters. The Morgan fingerprint density at radius 2 is 2.25 bits per heavy atom. The lowest BCUT2D eigenvalue weighted by molar-refractivity contribution is -0.122. The van der Waals surface area contributed by atoms with E-state index >= 15 is 0 Å². The van der Waals surface area contributed by atoms with E-state index in [0.29, 0.717) is 29.6 Å². The zero-order valence-corrected chi connectivity index (χ0v) is 13.2. The number of amides is 1. The average Bonchev–Trinajstić information content (AvgIpc) is 2.33. The van der Waals surface area contributed by atoms with Crippen molar-refractivity contribution in [1.82, 2.24) is 4.98 Å². The van der Waals surface area contributed by atoms with Crippen LogP contribution in [0.5, 0.6) is 0 Å². The number of rotatable bonds is 2. The number of nitrogens with one attached hydrogen (secondary N) is 1. The van der Waals surface area contributed by atoms with Gasteiger partial charge in [0.15, 0.2) is 5.15 Å².